The van der Waals surface area contributed by atoms with Gasteiger partial charge in [-0.3, -0.25) is 4.79 Å². The second-order valence-corrected chi connectivity index (χ2v) is 5.15. The number of aliphatic hydroxyl groups excluding tert-OH is 2. The van der Waals surface area contributed by atoms with Gasteiger partial charge < -0.3 is 30.5 Å². The van der Waals surface area contributed by atoms with Gasteiger partial charge in [-0.1, -0.05) is 0 Å². The van der Waals surface area contributed by atoms with E-state index in [0.29, 0.717) is 12.2 Å². The Morgan fingerprint density at radius 3 is 2.46 bits per heavy atom. The second kappa shape index (κ2) is 8.32. The lowest BCUT2D eigenvalue weighted by atomic mass is 10.2. The zero-order valence-electron chi connectivity index (χ0n) is 13.4. The first kappa shape index (κ1) is 17.8. The van der Waals surface area contributed by atoms with Crippen LogP contribution in [0.15, 0.2) is 35.5 Å². The van der Waals surface area contributed by atoms with Crippen LogP contribution in [0.1, 0.15) is 0 Å². The highest BCUT2D eigenvalue weighted by Crippen LogP contribution is 2.23. The Labute approximate surface area is 139 Å². The number of β-amino-alcohol motifs (C(OH)–C–C–N with tert-alkyl or cyclic N) is 1. The number of anilines is 2. The average Bonchev–Trinajstić information content (AvgIpc) is 2.90. The predicted molar refractivity (Wildman–Crippen MR) is 88.3 cm³/mol. The number of esters is 1. The second-order valence-electron chi connectivity index (χ2n) is 5.15. The fraction of sp³-hybridized carbons (Fsp3) is 0.375. The Bertz CT molecular complexity index is 627. The lowest BCUT2D eigenvalue weighted by molar-refractivity contribution is -0.136. The Hall–Kier alpha value is -2.58. The summed E-state index contributed by atoms with van der Waals surface area (Å²) >= 11 is 0. The Morgan fingerprint density at radius 1 is 1.21 bits per heavy atom. The van der Waals surface area contributed by atoms with Gasteiger partial charge in [-0.25, -0.2) is 4.79 Å². The molecular formula is C16H21N3O5. The van der Waals surface area contributed by atoms with Crippen LogP contribution in [-0.4, -0.2) is 66.9 Å². The monoisotopic (exact) mass is 335 g/mol. The standard InChI is InChI=1S/C16H21N3O5/c1-24-16(23)13-10-19(7-9-21)15(22)14(13)18-12-4-2-11(3-5-12)17-6-8-20/h2-5,17-18,20-21H,6-10H2,1H3. The molecule has 1 aromatic rings. The molecule has 0 saturated carbocycles. The van der Waals surface area contributed by atoms with Gasteiger partial charge in [0, 0.05) is 24.5 Å². The molecule has 1 amide bonds. The number of methoxy groups -OCH3 is 1. The first-order chi connectivity index (χ1) is 11.6. The minimum absolute atomic E-state index is 0.0323. The van der Waals surface area contributed by atoms with E-state index in [9.17, 15) is 9.59 Å². The van der Waals surface area contributed by atoms with Crippen molar-refractivity contribution in [3.05, 3.63) is 35.5 Å². The van der Waals surface area contributed by atoms with Crippen LogP contribution in [0.3, 0.4) is 0 Å². The van der Waals surface area contributed by atoms with Crippen molar-refractivity contribution in [2.45, 2.75) is 0 Å². The normalized spacial score (nSPS) is 14.1. The average molecular weight is 335 g/mol. The van der Waals surface area contributed by atoms with Gasteiger partial charge in [-0.05, 0) is 24.3 Å². The van der Waals surface area contributed by atoms with Crippen molar-refractivity contribution < 1.29 is 24.5 Å². The number of carbonyl (C=O) groups excluding carboxylic acids is 2. The molecule has 1 heterocycles. The van der Waals surface area contributed by atoms with E-state index in [0.717, 1.165) is 5.69 Å². The topological polar surface area (TPSA) is 111 Å². The van der Waals surface area contributed by atoms with Gasteiger partial charge in [0.15, 0.2) is 0 Å². The molecule has 0 atom stereocenters. The number of hydrogen-bond donors (Lipinski definition) is 4. The number of hydrogen-bond acceptors (Lipinski definition) is 7. The minimum Gasteiger partial charge on any atom is -0.466 e. The summed E-state index contributed by atoms with van der Waals surface area (Å²) in [6.07, 6.45) is 0. The molecule has 0 spiro atoms. The van der Waals surface area contributed by atoms with Gasteiger partial charge in [0.1, 0.15) is 5.70 Å². The van der Waals surface area contributed by atoms with Gasteiger partial charge in [-0.2, -0.15) is 0 Å². The van der Waals surface area contributed by atoms with Crippen LogP contribution in [-0.2, 0) is 14.3 Å². The summed E-state index contributed by atoms with van der Waals surface area (Å²) in [6, 6.07) is 7.09. The van der Waals surface area contributed by atoms with E-state index < -0.39 is 5.97 Å². The molecule has 24 heavy (non-hydrogen) atoms. The summed E-state index contributed by atoms with van der Waals surface area (Å²) < 4.78 is 4.73. The molecule has 0 unspecified atom stereocenters. The Kier molecular flexibility index (Phi) is 6.16. The maximum atomic E-state index is 12.4. The fourth-order valence-electron chi connectivity index (χ4n) is 2.36. The van der Waals surface area contributed by atoms with Crippen molar-refractivity contribution in [3.8, 4) is 0 Å². The van der Waals surface area contributed by atoms with Crippen molar-refractivity contribution in [2.75, 3.05) is 50.6 Å². The summed E-state index contributed by atoms with van der Waals surface area (Å²) in [5.74, 6) is -0.931. The molecule has 1 aromatic carbocycles. The summed E-state index contributed by atoms with van der Waals surface area (Å²) in [5.41, 5.74) is 1.86. The highest BCUT2D eigenvalue weighted by atomic mass is 16.5. The SMILES string of the molecule is COC(=O)C1=C(Nc2ccc(NCCO)cc2)C(=O)N(CCO)C1. The van der Waals surface area contributed by atoms with Gasteiger partial charge in [0.2, 0.25) is 0 Å². The van der Waals surface area contributed by atoms with E-state index in [1.165, 1.54) is 12.0 Å². The molecule has 0 aliphatic carbocycles. The van der Waals surface area contributed by atoms with E-state index in [1.54, 1.807) is 24.3 Å². The summed E-state index contributed by atoms with van der Waals surface area (Å²) in [7, 11) is 1.26. The fourth-order valence-corrected chi connectivity index (χ4v) is 2.36. The molecule has 8 heteroatoms. The molecule has 1 aliphatic heterocycles. The molecule has 1 aliphatic rings. The lowest BCUT2D eigenvalue weighted by Gasteiger charge is -2.15. The molecule has 0 saturated heterocycles. The molecule has 8 nitrogen and oxygen atoms in total. The smallest absolute Gasteiger partial charge is 0.337 e. The zero-order valence-corrected chi connectivity index (χ0v) is 13.4. The summed E-state index contributed by atoms with van der Waals surface area (Å²) in [5, 5.41) is 23.8. The molecule has 130 valence electrons. The molecule has 2 rings (SSSR count). The van der Waals surface area contributed by atoms with E-state index in [4.69, 9.17) is 14.9 Å². The van der Waals surface area contributed by atoms with Gasteiger partial charge >= 0.3 is 5.97 Å². The molecule has 0 bridgehead atoms. The van der Waals surface area contributed by atoms with Gasteiger partial charge in [0.25, 0.3) is 5.91 Å². The number of ether oxygens (including phenoxy) is 1. The van der Waals surface area contributed by atoms with Crippen molar-refractivity contribution in [1.82, 2.24) is 4.90 Å². The zero-order chi connectivity index (χ0) is 17.5. The third-order valence-corrected chi connectivity index (χ3v) is 3.55. The van der Waals surface area contributed by atoms with E-state index in [-0.39, 0.29) is 43.5 Å². The third kappa shape index (κ3) is 4.03. The number of nitrogens with zero attached hydrogens (tertiary/aromatic N) is 1. The van der Waals surface area contributed by atoms with Crippen molar-refractivity contribution in [1.29, 1.82) is 0 Å². The van der Waals surface area contributed by atoms with E-state index in [1.807, 2.05) is 0 Å². The van der Waals surface area contributed by atoms with Crippen LogP contribution in [0, 0.1) is 0 Å². The number of amides is 1. The van der Waals surface area contributed by atoms with Crippen LogP contribution >= 0.6 is 0 Å². The number of aliphatic hydroxyl groups is 2. The van der Waals surface area contributed by atoms with Crippen LogP contribution in [0.5, 0.6) is 0 Å². The summed E-state index contributed by atoms with van der Waals surface area (Å²) in [6.45, 7) is 0.543. The molecular weight excluding hydrogens is 314 g/mol. The van der Waals surface area contributed by atoms with Crippen LogP contribution < -0.4 is 10.6 Å². The Morgan fingerprint density at radius 2 is 1.88 bits per heavy atom. The first-order valence-corrected chi connectivity index (χ1v) is 7.54. The summed E-state index contributed by atoms with van der Waals surface area (Å²) in [4.78, 5) is 25.7. The first-order valence-electron chi connectivity index (χ1n) is 7.54. The van der Waals surface area contributed by atoms with Crippen LogP contribution in [0.4, 0.5) is 11.4 Å². The van der Waals surface area contributed by atoms with Crippen molar-refractivity contribution in [2.24, 2.45) is 0 Å². The molecule has 0 fully saturated rings. The Balaban J connectivity index is 2.17. The number of benzene rings is 1. The maximum Gasteiger partial charge on any atom is 0.337 e. The van der Waals surface area contributed by atoms with Gasteiger partial charge in [0.05, 0.1) is 32.4 Å². The van der Waals surface area contributed by atoms with Crippen molar-refractivity contribution in [3.63, 3.8) is 0 Å². The van der Waals surface area contributed by atoms with Crippen LogP contribution in [0.25, 0.3) is 0 Å². The minimum atomic E-state index is -0.576. The van der Waals surface area contributed by atoms with Gasteiger partial charge in [-0.15, -0.1) is 0 Å². The highest BCUT2D eigenvalue weighted by molar-refractivity contribution is 6.08. The number of nitrogens with one attached hydrogen (secondary N) is 2. The number of carbonyl (C=O) groups is 2. The van der Waals surface area contributed by atoms with E-state index >= 15 is 0 Å². The van der Waals surface area contributed by atoms with E-state index in [2.05, 4.69) is 10.6 Å². The third-order valence-electron chi connectivity index (χ3n) is 3.55. The molecule has 4 N–H and O–H groups in total. The van der Waals surface area contributed by atoms with Crippen LogP contribution in [0.2, 0.25) is 0 Å². The lowest BCUT2D eigenvalue weighted by Crippen LogP contribution is -2.31. The highest BCUT2D eigenvalue weighted by Gasteiger charge is 2.34. The number of rotatable bonds is 8. The maximum absolute atomic E-state index is 12.4. The largest absolute Gasteiger partial charge is 0.466 e. The molecule has 0 aromatic heterocycles. The quantitative estimate of drug-likeness (QED) is 0.485. The molecule has 0 radical (unpaired) electrons. The predicted octanol–water partition coefficient (Wildman–Crippen LogP) is -0.236. The van der Waals surface area contributed by atoms with Crippen molar-refractivity contribution >= 4 is 23.3 Å².